The van der Waals surface area contributed by atoms with Gasteiger partial charge in [-0.3, -0.25) is 9.59 Å². The van der Waals surface area contributed by atoms with Crippen molar-refractivity contribution < 1.29 is 19.1 Å². The van der Waals surface area contributed by atoms with Crippen LogP contribution < -0.4 is 20.1 Å². The molecule has 150 valence electrons. The Morgan fingerprint density at radius 3 is 2.59 bits per heavy atom. The number of aryl methyl sites for hydroxylation is 1. The largest absolute Gasteiger partial charge is 0.495 e. The van der Waals surface area contributed by atoms with Crippen molar-refractivity contribution in [3.63, 3.8) is 0 Å². The Morgan fingerprint density at radius 2 is 1.90 bits per heavy atom. The lowest BCUT2D eigenvalue weighted by atomic mass is 10.1. The van der Waals surface area contributed by atoms with E-state index in [4.69, 9.17) is 9.47 Å². The summed E-state index contributed by atoms with van der Waals surface area (Å²) < 4.78 is 11.1. The summed E-state index contributed by atoms with van der Waals surface area (Å²) in [5.74, 6) is 0.369. The van der Waals surface area contributed by atoms with Gasteiger partial charge in [0, 0.05) is 18.0 Å². The molecule has 29 heavy (non-hydrogen) atoms. The summed E-state index contributed by atoms with van der Waals surface area (Å²) in [5.41, 5.74) is 2.18. The van der Waals surface area contributed by atoms with Crippen LogP contribution in [-0.4, -0.2) is 23.9 Å². The highest BCUT2D eigenvalue weighted by Gasteiger charge is 2.15. The van der Waals surface area contributed by atoms with Gasteiger partial charge >= 0.3 is 0 Å². The van der Waals surface area contributed by atoms with Crippen molar-refractivity contribution in [2.75, 3.05) is 17.7 Å². The van der Waals surface area contributed by atoms with E-state index in [0.717, 1.165) is 10.7 Å². The van der Waals surface area contributed by atoms with Crippen LogP contribution in [-0.2, 0) is 11.4 Å². The zero-order valence-electron chi connectivity index (χ0n) is 16.3. The maximum Gasteiger partial charge on any atom is 0.259 e. The van der Waals surface area contributed by atoms with Crippen LogP contribution in [0.25, 0.3) is 0 Å². The van der Waals surface area contributed by atoms with Crippen LogP contribution in [0, 0.1) is 6.92 Å². The molecule has 0 atom stereocenters. The lowest BCUT2D eigenvalue weighted by Crippen LogP contribution is -2.15. The van der Waals surface area contributed by atoms with E-state index in [1.165, 1.54) is 14.0 Å². The average molecular weight is 411 g/mol. The van der Waals surface area contributed by atoms with Gasteiger partial charge in [-0.2, -0.15) is 0 Å². The summed E-state index contributed by atoms with van der Waals surface area (Å²) in [5, 5.41) is 8.40. The van der Waals surface area contributed by atoms with E-state index in [2.05, 4.69) is 15.6 Å². The first-order valence-corrected chi connectivity index (χ1v) is 9.74. The summed E-state index contributed by atoms with van der Waals surface area (Å²) in [4.78, 5) is 28.6. The number of anilines is 2. The Morgan fingerprint density at radius 1 is 1.10 bits per heavy atom. The number of rotatable bonds is 7. The third kappa shape index (κ3) is 5.32. The molecule has 0 saturated carbocycles. The minimum atomic E-state index is -0.353. The molecule has 0 saturated heterocycles. The second-order valence-electron chi connectivity index (χ2n) is 6.19. The fourth-order valence-electron chi connectivity index (χ4n) is 2.68. The van der Waals surface area contributed by atoms with Gasteiger partial charge < -0.3 is 20.1 Å². The first kappa shape index (κ1) is 20.3. The number of hydrogen-bond donors (Lipinski definition) is 2. The summed E-state index contributed by atoms with van der Waals surface area (Å²) in [6.07, 6.45) is 0. The quantitative estimate of drug-likeness (QED) is 0.607. The first-order chi connectivity index (χ1) is 14.0. The first-order valence-electron chi connectivity index (χ1n) is 8.86. The maximum absolute atomic E-state index is 12.9. The van der Waals surface area contributed by atoms with Gasteiger partial charge in [0.05, 0.1) is 29.1 Å². The summed E-state index contributed by atoms with van der Waals surface area (Å²) in [6.45, 7) is 3.62. The molecule has 0 radical (unpaired) electrons. The third-order valence-electron chi connectivity index (χ3n) is 3.94. The Kier molecular flexibility index (Phi) is 6.46. The summed E-state index contributed by atoms with van der Waals surface area (Å²) in [7, 11) is 1.51. The number of thiazole rings is 1. The molecule has 1 aromatic heterocycles. The average Bonchev–Trinajstić information content (AvgIpc) is 3.11. The predicted molar refractivity (Wildman–Crippen MR) is 113 cm³/mol. The minimum Gasteiger partial charge on any atom is -0.495 e. The van der Waals surface area contributed by atoms with E-state index in [9.17, 15) is 9.59 Å². The van der Waals surface area contributed by atoms with E-state index in [1.54, 1.807) is 53.8 Å². The Labute approximate surface area is 172 Å². The van der Waals surface area contributed by atoms with Crippen molar-refractivity contribution in [3.8, 4) is 11.5 Å². The van der Waals surface area contributed by atoms with Gasteiger partial charge in [-0.15, -0.1) is 11.3 Å². The Hall–Kier alpha value is -3.39. The molecule has 2 amide bonds. The monoisotopic (exact) mass is 411 g/mol. The number of carbonyl (C=O) groups excluding carboxylic acids is 2. The standard InChI is InChI=1S/C21H21N3O4S/c1-13(25)22-15-8-9-20(27-3)18(10-15)24-21(26)17-6-4-5-7-19(17)28-11-16-12-29-14(2)23-16/h4-10,12H,11H2,1-3H3,(H,22,25)(H,24,26). The Balaban J connectivity index is 1.79. The molecule has 7 nitrogen and oxygen atoms in total. The molecule has 0 bridgehead atoms. The number of benzene rings is 2. The van der Waals surface area contributed by atoms with E-state index in [1.807, 2.05) is 12.3 Å². The second-order valence-corrected chi connectivity index (χ2v) is 7.26. The molecule has 0 fully saturated rings. The van der Waals surface area contributed by atoms with Crippen molar-refractivity contribution in [2.24, 2.45) is 0 Å². The van der Waals surface area contributed by atoms with Gasteiger partial charge in [0.1, 0.15) is 18.1 Å². The number of hydrogen-bond acceptors (Lipinski definition) is 6. The molecule has 0 aliphatic rings. The van der Waals surface area contributed by atoms with Gasteiger partial charge in [-0.05, 0) is 37.3 Å². The van der Waals surface area contributed by atoms with Gasteiger partial charge in [-0.1, -0.05) is 12.1 Å². The molecule has 2 N–H and O–H groups in total. The molecule has 8 heteroatoms. The predicted octanol–water partition coefficient (Wildman–Crippen LogP) is 4.25. The van der Waals surface area contributed by atoms with Crippen LogP contribution in [0.15, 0.2) is 47.8 Å². The molecule has 0 aliphatic carbocycles. The maximum atomic E-state index is 12.9. The number of aromatic nitrogens is 1. The lowest BCUT2D eigenvalue weighted by Gasteiger charge is -2.14. The van der Waals surface area contributed by atoms with Crippen LogP contribution in [0.4, 0.5) is 11.4 Å². The topological polar surface area (TPSA) is 89.6 Å². The van der Waals surface area contributed by atoms with E-state index in [-0.39, 0.29) is 18.4 Å². The number of para-hydroxylation sites is 1. The van der Waals surface area contributed by atoms with Crippen LogP contribution in [0.3, 0.4) is 0 Å². The van der Waals surface area contributed by atoms with Gasteiger partial charge in [0.15, 0.2) is 0 Å². The third-order valence-corrected chi connectivity index (χ3v) is 4.76. The fraction of sp³-hybridized carbons (Fsp3) is 0.190. The van der Waals surface area contributed by atoms with Gasteiger partial charge in [0.2, 0.25) is 5.91 Å². The molecule has 2 aromatic carbocycles. The van der Waals surface area contributed by atoms with E-state index in [0.29, 0.717) is 28.4 Å². The Bertz CT molecular complexity index is 1030. The number of nitrogens with zero attached hydrogens (tertiary/aromatic N) is 1. The normalized spacial score (nSPS) is 10.3. The molecule has 0 spiro atoms. The van der Waals surface area contributed by atoms with Crippen LogP contribution >= 0.6 is 11.3 Å². The highest BCUT2D eigenvalue weighted by atomic mass is 32.1. The lowest BCUT2D eigenvalue weighted by molar-refractivity contribution is -0.114. The van der Waals surface area contributed by atoms with Crippen molar-refractivity contribution >= 4 is 34.5 Å². The van der Waals surface area contributed by atoms with Crippen LogP contribution in [0.5, 0.6) is 11.5 Å². The van der Waals surface area contributed by atoms with Gasteiger partial charge in [0.25, 0.3) is 5.91 Å². The number of ether oxygens (including phenoxy) is 2. The van der Waals surface area contributed by atoms with Crippen LogP contribution in [0.2, 0.25) is 0 Å². The van der Waals surface area contributed by atoms with E-state index >= 15 is 0 Å². The molecule has 0 aliphatic heterocycles. The number of carbonyl (C=O) groups is 2. The van der Waals surface area contributed by atoms with E-state index < -0.39 is 0 Å². The molecule has 0 unspecified atom stereocenters. The van der Waals surface area contributed by atoms with Crippen molar-refractivity contribution in [2.45, 2.75) is 20.5 Å². The number of nitrogens with one attached hydrogen (secondary N) is 2. The SMILES string of the molecule is COc1ccc(NC(C)=O)cc1NC(=O)c1ccccc1OCc1csc(C)n1. The smallest absolute Gasteiger partial charge is 0.259 e. The van der Waals surface area contributed by atoms with Crippen molar-refractivity contribution in [1.29, 1.82) is 0 Å². The zero-order valence-corrected chi connectivity index (χ0v) is 17.1. The van der Waals surface area contributed by atoms with Crippen molar-refractivity contribution in [1.82, 2.24) is 4.98 Å². The highest BCUT2D eigenvalue weighted by molar-refractivity contribution is 7.09. The highest BCUT2D eigenvalue weighted by Crippen LogP contribution is 2.29. The minimum absolute atomic E-state index is 0.205. The van der Waals surface area contributed by atoms with Crippen molar-refractivity contribution in [3.05, 3.63) is 64.1 Å². The zero-order chi connectivity index (χ0) is 20.8. The molecule has 3 rings (SSSR count). The molecule has 3 aromatic rings. The second kappa shape index (κ2) is 9.20. The number of amides is 2. The number of methoxy groups -OCH3 is 1. The summed E-state index contributed by atoms with van der Waals surface area (Å²) >= 11 is 1.55. The molecular formula is C21H21N3O4S. The fourth-order valence-corrected chi connectivity index (χ4v) is 3.28. The molecular weight excluding hydrogens is 390 g/mol. The summed E-state index contributed by atoms with van der Waals surface area (Å²) in [6, 6.07) is 12.0. The van der Waals surface area contributed by atoms with Gasteiger partial charge in [-0.25, -0.2) is 4.98 Å². The van der Waals surface area contributed by atoms with Crippen LogP contribution in [0.1, 0.15) is 28.0 Å². The molecule has 1 heterocycles.